The van der Waals surface area contributed by atoms with Crippen molar-refractivity contribution in [2.24, 2.45) is 0 Å². The van der Waals surface area contributed by atoms with Crippen LogP contribution in [0.3, 0.4) is 0 Å². The van der Waals surface area contributed by atoms with E-state index in [-0.39, 0.29) is 0 Å². The first-order valence-electron chi connectivity index (χ1n) is 11.3. The fraction of sp³-hybridized carbons (Fsp3) is 0.133. The van der Waals surface area contributed by atoms with Crippen molar-refractivity contribution >= 4 is 49.5 Å². The SMILES string of the molecule is C[Si](C)c1ccc(-c2c3ccccc3c(-c3ccc([Si](C)C)cc3)c3ccccc23)cc1. The second kappa shape index (κ2) is 8.53. The Morgan fingerprint density at radius 2 is 0.656 bits per heavy atom. The molecule has 0 spiro atoms. The summed E-state index contributed by atoms with van der Waals surface area (Å²) in [5.41, 5.74) is 5.29. The molecular weight excluding hydrogens is 417 g/mol. The van der Waals surface area contributed by atoms with Crippen LogP contribution in [0, 0.1) is 0 Å². The first kappa shape index (κ1) is 20.9. The summed E-state index contributed by atoms with van der Waals surface area (Å²) in [6.45, 7) is 9.41. The second-order valence-corrected chi connectivity index (χ2v) is 14.2. The van der Waals surface area contributed by atoms with Gasteiger partial charge in [-0.05, 0) is 43.8 Å². The Labute approximate surface area is 194 Å². The van der Waals surface area contributed by atoms with Crippen molar-refractivity contribution in [3.63, 3.8) is 0 Å². The van der Waals surface area contributed by atoms with E-state index in [1.54, 1.807) is 0 Å². The molecule has 5 aromatic carbocycles. The Hall–Kier alpha value is -2.95. The van der Waals surface area contributed by atoms with E-state index in [0.29, 0.717) is 0 Å². The average Bonchev–Trinajstić information content (AvgIpc) is 2.82. The lowest BCUT2D eigenvalue weighted by molar-refractivity contribution is 1.66. The van der Waals surface area contributed by atoms with Gasteiger partial charge in [-0.15, -0.1) is 0 Å². The van der Waals surface area contributed by atoms with Crippen LogP contribution in [0.4, 0.5) is 0 Å². The van der Waals surface area contributed by atoms with Crippen molar-refractivity contribution in [2.75, 3.05) is 0 Å². The molecule has 32 heavy (non-hydrogen) atoms. The lowest BCUT2D eigenvalue weighted by atomic mass is 9.86. The molecule has 0 aliphatic heterocycles. The topological polar surface area (TPSA) is 0 Å². The number of hydrogen-bond acceptors (Lipinski definition) is 0. The minimum atomic E-state index is -0.444. The first-order chi connectivity index (χ1) is 15.5. The largest absolute Gasteiger partial charge is 0.0791 e. The highest BCUT2D eigenvalue weighted by Gasteiger charge is 2.16. The third kappa shape index (κ3) is 3.64. The van der Waals surface area contributed by atoms with Crippen molar-refractivity contribution in [2.45, 2.75) is 26.2 Å². The molecule has 0 fully saturated rings. The van der Waals surface area contributed by atoms with Crippen LogP contribution in [0.1, 0.15) is 0 Å². The lowest BCUT2D eigenvalue weighted by Gasteiger charge is -2.18. The third-order valence-electron chi connectivity index (χ3n) is 6.43. The minimum Gasteiger partial charge on any atom is -0.0671 e. The maximum absolute atomic E-state index is 2.35. The van der Waals surface area contributed by atoms with Gasteiger partial charge in [0.25, 0.3) is 0 Å². The zero-order chi connectivity index (χ0) is 22.2. The summed E-state index contributed by atoms with van der Waals surface area (Å²) in [6.07, 6.45) is 0. The summed E-state index contributed by atoms with van der Waals surface area (Å²) >= 11 is 0. The van der Waals surface area contributed by atoms with Gasteiger partial charge < -0.3 is 0 Å². The van der Waals surface area contributed by atoms with Crippen LogP contribution in [0.5, 0.6) is 0 Å². The second-order valence-electron chi connectivity index (χ2n) is 9.00. The molecule has 0 heterocycles. The Kier molecular flexibility index (Phi) is 5.58. The van der Waals surface area contributed by atoms with Gasteiger partial charge in [-0.3, -0.25) is 0 Å². The van der Waals surface area contributed by atoms with Gasteiger partial charge in [0.2, 0.25) is 0 Å². The van der Waals surface area contributed by atoms with E-state index in [2.05, 4.69) is 123 Å². The molecule has 0 aliphatic carbocycles. The predicted molar refractivity (Wildman–Crippen MR) is 147 cm³/mol. The maximum atomic E-state index is 2.35. The van der Waals surface area contributed by atoms with Crippen molar-refractivity contribution in [1.82, 2.24) is 0 Å². The predicted octanol–water partition coefficient (Wildman–Crippen LogP) is 7.25. The van der Waals surface area contributed by atoms with Crippen molar-refractivity contribution < 1.29 is 0 Å². The van der Waals surface area contributed by atoms with E-state index in [9.17, 15) is 0 Å². The van der Waals surface area contributed by atoms with Gasteiger partial charge in [-0.25, -0.2) is 0 Å². The van der Waals surface area contributed by atoms with Crippen molar-refractivity contribution in [3.8, 4) is 22.3 Å². The molecule has 0 unspecified atom stereocenters. The lowest BCUT2D eigenvalue weighted by Crippen LogP contribution is -2.21. The molecule has 0 atom stereocenters. The van der Waals surface area contributed by atoms with E-state index in [4.69, 9.17) is 0 Å². The molecule has 5 aromatic rings. The quantitative estimate of drug-likeness (QED) is 0.202. The van der Waals surface area contributed by atoms with Gasteiger partial charge in [0.15, 0.2) is 0 Å². The van der Waals surface area contributed by atoms with Crippen LogP contribution in [0.2, 0.25) is 26.2 Å². The van der Waals surface area contributed by atoms with Gasteiger partial charge in [0.05, 0.1) is 17.6 Å². The average molecular weight is 445 g/mol. The summed E-state index contributed by atoms with van der Waals surface area (Å²) in [5.74, 6) is 0. The highest BCUT2D eigenvalue weighted by molar-refractivity contribution is 6.71. The normalized spacial score (nSPS) is 11.7. The maximum Gasteiger partial charge on any atom is 0.0791 e. The summed E-state index contributed by atoms with van der Waals surface area (Å²) in [5, 5.41) is 8.27. The van der Waals surface area contributed by atoms with Crippen LogP contribution >= 0.6 is 0 Å². The van der Waals surface area contributed by atoms with Crippen LogP contribution in [-0.4, -0.2) is 17.6 Å². The summed E-state index contributed by atoms with van der Waals surface area (Å²) in [7, 11) is -0.888. The van der Waals surface area contributed by atoms with Crippen molar-refractivity contribution in [3.05, 3.63) is 97.1 Å². The monoisotopic (exact) mass is 444 g/mol. The van der Waals surface area contributed by atoms with Gasteiger partial charge in [0, 0.05) is 0 Å². The fourth-order valence-corrected chi connectivity index (χ4v) is 6.36. The van der Waals surface area contributed by atoms with E-state index < -0.39 is 17.6 Å². The first-order valence-corrected chi connectivity index (χ1v) is 16.3. The molecule has 0 N–H and O–H groups in total. The Balaban J connectivity index is 1.83. The fourth-order valence-electron chi connectivity index (χ4n) is 4.69. The molecular formula is C30H28Si2. The van der Waals surface area contributed by atoms with E-state index >= 15 is 0 Å². The third-order valence-corrected chi connectivity index (χ3v) is 9.41. The highest BCUT2D eigenvalue weighted by atomic mass is 28.3. The molecule has 2 heteroatoms. The molecule has 2 radical (unpaired) electrons. The van der Waals surface area contributed by atoms with E-state index in [1.807, 2.05) is 0 Å². The molecule has 5 rings (SSSR count). The Morgan fingerprint density at radius 3 is 0.906 bits per heavy atom. The Bertz CT molecular complexity index is 1230. The van der Waals surface area contributed by atoms with Crippen LogP contribution < -0.4 is 10.4 Å². The molecule has 0 saturated heterocycles. The highest BCUT2D eigenvalue weighted by Crippen LogP contribution is 2.43. The minimum absolute atomic E-state index is 0.444. The summed E-state index contributed by atoms with van der Waals surface area (Å²) in [4.78, 5) is 0. The van der Waals surface area contributed by atoms with Crippen LogP contribution in [0.15, 0.2) is 97.1 Å². The molecule has 0 saturated carbocycles. The molecule has 0 aliphatic rings. The summed E-state index contributed by atoms with van der Waals surface area (Å²) in [6, 6.07) is 36.4. The number of fused-ring (bicyclic) bond motifs is 2. The molecule has 156 valence electrons. The standard InChI is InChI=1S/C30H28Si2/c1-31(2)23-17-13-21(14-18-23)29-25-9-5-7-11-27(25)30(28-12-8-6-10-26(28)29)22-15-19-24(20-16-22)32(3)4/h5-20H,1-4H3. The van der Waals surface area contributed by atoms with E-state index in [1.165, 1.54) is 54.2 Å². The van der Waals surface area contributed by atoms with Crippen molar-refractivity contribution in [1.29, 1.82) is 0 Å². The zero-order valence-electron chi connectivity index (χ0n) is 19.2. The van der Waals surface area contributed by atoms with Gasteiger partial charge >= 0.3 is 0 Å². The van der Waals surface area contributed by atoms with Gasteiger partial charge in [-0.1, -0.05) is 134 Å². The molecule has 0 aromatic heterocycles. The van der Waals surface area contributed by atoms with Crippen LogP contribution in [-0.2, 0) is 0 Å². The smallest absolute Gasteiger partial charge is 0.0671 e. The Morgan fingerprint density at radius 1 is 0.375 bits per heavy atom. The zero-order valence-corrected chi connectivity index (χ0v) is 21.2. The number of benzene rings is 5. The van der Waals surface area contributed by atoms with Crippen LogP contribution in [0.25, 0.3) is 43.8 Å². The molecule has 0 bridgehead atoms. The molecule has 0 amide bonds. The number of rotatable bonds is 4. The summed E-state index contributed by atoms with van der Waals surface area (Å²) < 4.78 is 0. The van der Waals surface area contributed by atoms with Gasteiger partial charge in [-0.2, -0.15) is 0 Å². The molecule has 0 nitrogen and oxygen atoms in total. The number of hydrogen-bond donors (Lipinski definition) is 0. The van der Waals surface area contributed by atoms with E-state index in [0.717, 1.165) is 0 Å². The van der Waals surface area contributed by atoms with Gasteiger partial charge in [0.1, 0.15) is 0 Å².